The molecule has 1 aliphatic heterocycles. The number of nitrogens with one attached hydrogen (secondary N) is 1. The summed E-state index contributed by atoms with van der Waals surface area (Å²) < 4.78 is 39.5. The zero-order valence-electron chi connectivity index (χ0n) is 12.0. The summed E-state index contributed by atoms with van der Waals surface area (Å²) in [7, 11) is 1.72. The number of amides is 1. The lowest BCUT2D eigenvalue weighted by molar-refractivity contribution is -0.137. The molecule has 0 saturated heterocycles. The zero-order chi connectivity index (χ0) is 16.1. The first kappa shape index (κ1) is 14.6. The van der Waals surface area contributed by atoms with Crippen LogP contribution in [0, 0.1) is 6.92 Å². The number of halogens is 3. The highest BCUT2D eigenvalue weighted by Gasteiger charge is 2.33. The molecule has 4 nitrogen and oxygen atoms in total. The Morgan fingerprint density at radius 1 is 1.27 bits per heavy atom. The second-order valence-electron chi connectivity index (χ2n) is 5.40. The molecule has 0 unspecified atom stereocenters. The van der Waals surface area contributed by atoms with Gasteiger partial charge in [0.2, 0.25) is 5.91 Å². The van der Waals surface area contributed by atoms with Crippen LogP contribution >= 0.6 is 0 Å². The molecule has 1 aliphatic rings. The monoisotopic (exact) mass is 309 g/mol. The molecule has 1 aromatic heterocycles. The Kier molecular flexibility index (Phi) is 3.23. The molecular weight excluding hydrogens is 295 g/mol. The highest BCUT2D eigenvalue weighted by atomic mass is 19.4. The summed E-state index contributed by atoms with van der Waals surface area (Å²) in [5.41, 5.74) is 1.61. The van der Waals surface area contributed by atoms with Gasteiger partial charge >= 0.3 is 6.18 Å². The molecule has 2 aromatic rings. The van der Waals surface area contributed by atoms with Crippen molar-refractivity contribution in [3.05, 3.63) is 46.6 Å². The smallest absolute Gasteiger partial charge is 0.311 e. The number of hydrogen-bond donors (Lipinski definition) is 1. The van der Waals surface area contributed by atoms with Crippen molar-refractivity contribution in [2.24, 2.45) is 7.05 Å². The van der Waals surface area contributed by atoms with Gasteiger partial charge in [-0.15, -0.1) is 0 Å². The molecule has 0 aliphatic carbocycles. The van der Waals surface area contributed by atoms with Gasteiger partial charge in [0.15, 0.2) is 0 Å². The number of carbonyl (C=O) groups excluding carboxylic acids is 1. The summed E-state index contributed by atoms with van der Waals surface area (Å²) >= 11 is 0. The van der Waals surface area contributed by atoms with Gasteiger partial charge in [-0.2, -0.15) is 18.3 Å². The number of fused-ring (bicyclic) bond motifs is 1. The molecule has 0 bridgehead atoms. The first-order chi connectivity index (χ1) is 10.3. The van der Waals surface area contributed by atoms with E-state index >= 15 is 0 Å². The minimum Gasteiger partial charge on any atom is -0.311 e. The lowest BCUT2D eigenvalue weighted by atomic mass is 9.85. The second kappa shape index (κ2) is 4.86. The van der Waals surface area contributed by atoms with Crippen LogP contribution in [0.2, 0.25) is 0 Å². The van der Waals surface area contributed by atoms with Crippen molar-refractivity contribution >= 4 is 11.7 Å². The normalized spacial score (nSPS) is 18.0. The van der Waals surface area contributed by atoms with E-state index in [0.717, 1.165) is 23.4 Å². The van der Waals surface area contributed by atoms with Crippen LogP contribution in [0.15, 0.2) is 24.3 Å². The largest absolute Gasteiger partial charge is 0.416 e. The van der Waals surface area contributed by atoms with E-state index in [1.165, 1.54) is 12.1 Å². The number of anilines is 1. The first-order valence-corrected chi connectivity index (χ1v) is 6.78. The molecule has 1 aromatic carbocycles. The molecule has 1 atom stereocenters. The fraction of sp³-hybridized carbons (Fsp3) is 0.333. The van der Waals surface area contributed by atoms with Crippen LogP contribution in [0.1, 0.15) is 34.7 Å². The number of rotatable bonds is 1. The quantitative estimate of drug-likeness (QED) is 0.879. The molecule has 1 amide bonds. The first-order valence-electron chi connectivity index (χ1n) is 6.78. The molecule has 0 saturated carbocycles. The second-order valence-corrected chi connectivity index (χ2v) is 5.40. The van der Waals surface area contributed by atoms with Gasteiger partial charge in [0.25, 0.3) is 0 Å². The summed E-state index contributed by atoms with van der Waals surface area (Å²) in [5.74, 6) is 0.166. The molecule has 3 rings (SSSR count). The number of aromatic nitrogens is 2. The van der Waals surface area contributed by atoms with E-state index < -0.39 is 11.7 Å². The summed E-state index contributed by atoms with van der Waals surface area (Å²) in [4.78, 5) is 11.9. The standard InChI is InChI=1S/C15H14F3N3O/c1-8-13-11(7-12(22)19-14(13)21(2)20-8)9-3-5-10(6-4-9)15(16,17)18/h3-6,11H,7H2,1-2H3,(H,19,22)/t11-/m0/s1. The number of nitrogens with zero attached hydrogens (tertiary/aromatic N) is 2. The average molecular weight is 309 g/mol. The highest BCUT2D eigenvalue weighted by Crippen LogP contribution is 2.39. The Labute approximate surface area is 124 Å². The van der Waals surface area contributed by atoms with Crippen LogP contribution in [-0.2, 0) is 18.0 Å². The predicted octanol–water partition coefficient (Wildman–Crippen LogP) is 3.22. The van der Waals surface area contributed by atoms with Crippen LogP contribution in [0.5, 0.6) is 0 Å². The van der Waals surface area contributed by atoms with E-state index in [0.29, 0.717) is 11.4 Å². The molecule has 22 heavy (non-hydrogen) atoms. The van der Waals surface area contributed by atoms with Crippen LogP contribution < -0.4 is 5.32 Å². The minimum atomic E-state index is -4.36. The number of carbonyl (C=O) groups is 1. The third-order valence-corrected chi connectivity index (χ3v) is 3.90. The van der Waals surface area contributed by atoms with Crippen LogP contribution in [0.3, 0.4) is 0 Å². The minimum absolute atomic E-state index is 0.166. The Balaban J connectivity index is 2.04. The molecule has 0 radical (unpaired) electrons. The lowest BCUT2D eigenvalue weighted by Gasteiger charge is -2.24. The molecule has 1 N–H and O–H groups in total. The van der Waals surface area contributed by atoms with E-state index in [9.17, 15) is 18.0 Å². The van der Waals surface area contributed by atoms with Crippen molar-refractivity contribution in [3.8, 4) is 0 Å². The Bertz CT molecular complexity index is 732. The molecule has 2 heterocycles. The van der Waals surface area contributed by atoms with Gasteiger partial charge in [0, 0.05) is 24.9 Å². The van der Waals surface area contributed by atoms with Gasteiger partial charge in [-0.1, -0.05) is 12.1 Å². The fourth-order valence-corrected chi connectivity index (χ4v) is 2.90. The lowest BCUT2D eigenvalue weighted by Crippen LogP contribution is -2.24. The maximum Gasteiger partial charge on any atom is 0.416 e. The number of benzene rings is 1. The maximum absolute atomic E-state index is 12.7. The topological polar surface area (TPSA) is 46.9 Å². The average Bonchev–Trinajstić information content (AvgIpc) is 2.72. The zero-order valence-corrected chi connectivity index (χ0v) is 12.0. The van der Waals surface area contributed by atoms with E-state index in [4.69, 9.17) is 0 Å². The molecule has 116 valence electrons. The maximum atomic E-state index is 12.7. The fourth-order valence-electron chi connectivity index (χ4n) is 2.90. The van der Waals surface area contributed by atoms with Gasteiger partial charge in [-0.3, -0.25) is 9.48 Å². The third kappa shape index (κ3) is 2.36. The Hall–Kier alpha value is -2.31. The summed E-state index contributed by atoms with van der Waals surface area (Å²) in [6.45, 7) is 1.83. The Morgan fingerprint density at radius 3 is 2.50 bits per heavy atom. The van der Waals surface area contributed by atoms with Crippen molar-refractivity contribution in [1.29, 1.82) is 0 Å². The molecule has 7 heteroatoms. The van der Waals surface area contributed by atoms with Crippen molar-refractivity contribution in [1.82, 2.24) is 9.78 Å². The number of aryl methyl sites for hydroxylation is 2. The highest BCUT2D eigenvalue weighted by molar-refractivity contribution is 5.94. The van der Waals surface area contributed by atoms with Gasteiger partial charge < -0.3 is 5.32 Å². The van der Waals surface area contributed by atoms with Crippen LogP contribution in [0.4, 0.5) is 19.0 Å². The van der Waals surface area contributed by atoms with Crippen molar-refractivity contribution < 1.29 is 18.0 Å². The van der Waals surface area contributed by atoms with Gasteiger partial charge in [0.1, 0.15) is 5.82 Å². The Morgan fingerprint density at radius 2 is 1.91 bits per heavy atom. The summed E-state index contributed by atoms with van der Waals surface area (Å²) in [6.07, 6.45) is -4.16. The van der Waals surface area contributed by atoms with Crippen molar-refractivity contribution in [2.75, 3.05) is 5.32 Å². The van der Waals surface area contributed by atoms with Crippen molar-refractivity contribution in [2.45, 2.75) is 25.4 Å². The number of hydrogen-bond acceptors (Lipinski definition) is 2. The number of alkyl halides is 3. The third-order valence-electron chi connectivity index (χ3n) is 3.90. The van der Waals surface area contributed by atoms with Crippen LogP contribution in [-0.4, -0.2) is 15.7 Å². The molecule has 0 spiro atoms. The SMILES string of the molecule is Cc1nn(C)c2c1[C@H](c1ccc(C(F)(F)F)cc1)CC(=O)N2. The van der Waals surface area contributed by atoms with Gasteiger partial charge in [-0.25, -0.2) is 0 Å². The summed E-state index contributed by atoms with van der Waals surface area (Å²) in [6, 6.07) is 4.96. The van der Waals surface area contributed by atoms with E-state index in [2.05, 4.69) is 10.4 Å². The van der Waals surface area contributed by atoms with E-state index in [1.54, 1.807) is 11.7 Å². The molecule has 0 fully saturated rings. The van der Waals surface area contributed by atoms with Gasteiger partial charge in [-0.05, 0) is 24.6 Å². The summed E-state index contributed by atoms with van der Waals surface area (Å²) in [5, 5.41) is 7.05. The van der Waals surface area contributed by atoms with Gasteiger partial charge in [0.05, 0.1) is 11.3 Å². The van der Waals surface area contributed by atoms with Crippen molar-refractivity contribution in [3.63, 3.8) is 0 Å². The molecular formula is C15H14F3N3O. The van der Waals surface area contributed by atoms with E-state index in [-0.39, 0.29) is 18.2 Å². The predicted molar refractivity (Wildman–Crippen MR) is 74.5 cm³/mol. The van der Waals surface area contributed by atoms with E-state index in [1.807, 2.05) is 6.92 Å². The van der Waals surface area contributed by atoms with Crippen LogP contribution in [0.25, 0.3) is 0 Å².